The van der Waals surface area contributed by atoms with Crippen molar-refractivity contribution in [2.24, 2.45) is 5.41 Å². The van der Waals surface area contributed by atoms with Crippen molar-refractivity contribution in [2.45, 2.75) is 43.9 Å². The van der Waals surface area contributed by atoms with Gasteiger partial charge in [-0.25, -0.2) is 0 Å². The van der Waals surface area contributed by atoms with Gasteiger partial charge in [-0.3, -0.25) is 9.59 Å². The van der Waals surface area contributed by atoms with Gasteiger partial charge in [0.2, 0.25) is 5.91 Å². The fraction of sp³-hybridized carbons (Fsp3) is 0.529. The largest absolute Gasteiger partial charge is 0.481 e. The number of benzene rings is 1. The summed E-state index contributed by atoms with van der Waals surface area (Å²) >= 11 is 1.47. The summed E-state index contributed by atoms with van der Waals surface area (Å²) in [7, 11) is 0. The highest BCUT2D eigenvalue weighted by molar-refractivity contribution is 8.00. The zero-order valence-corrected chi connectivity index (χ0v) is 14.1. The molecule has 0 spiro atoms. The summed E-state index contributed by atoms with van der Waals surface area (Å²) in [5.41, 5.74) is 0.684. The van der Waals surface area contributed by atoms with E-state index in [0.717, 1.165) is 4.90 Å². The summed E-state index contributed by atoms with van der Waals surface area (Å²) in [6.45, 7) is 6.74. The molecule has 0 atom stereocenters. The molecule has 1 aliphatic rings. The average Bonchev–Trinajstić information content (AvgIpc) is 3.24. The van der Waals surface area contributed by atoms with Gasteiger partial charge in [0.05, 0.1) is 11.2 Å². The van der Waals surface area contributed by atoms with E-state index in [1.54, 1.807) is 0 Å². The molecule has 1 aromatic rings. The molecule has 5 heteroatoms. The maximum absolute atomic E-state index is 11.8. The number of carbonyl (C=O) groups is 2. The van der Waals surface area contributed by atoms with Crippen LogP contribution in [0.25, 0.3) is 0 Å². The van der Waals surface area contributed by atoms with E-state index in [0.29, 0.717) is 18.6 Å². The fourth-order valence-electron chi connectivity index (χ4n) is 2.14. The number of hydrogen-bond acceptors (Lipinski definition) is 3. The molecular formula is C17H23NO3S. The Balaban J connectivity index is 1.78. The number of carboxylic acids is 1. The van der Waals surface area contributed by atoms with Gasteiger partial charge in [0.15, 0.2) is 0 Å². The number of aliphatic carboxylic acids is 1. The molecule has 2 rings (SSSR count). The Hall–Kier alpha value is -1.49. The summed E-state index contributed by atoms with van der Waals surface area (Å²) in [5, 5.41) is 11.8. The monoisotopic (exact) mass is 321 g/mol. The minimum atomic E-state index is -0.807. The Morgan fingerprint density at radius 2 is 1.82 bits per heavy atom. The van der Waals surface area contributed by atoms with E-state index in [4.69, 9.17) is 5.11 Å². The second-order valence-electron chi connectivity index (χ2n) is 6.93. The topological polar surface area (TPSA) is 66.4 Å². The first-order valence-corrected chi connectivity index (χ1v) is 8.45. The Kier molecular flexibility index (Phi) is 4.85. The molecule has 1 saturated carbocycles. The van der Waals surface area contributed by atoms with Crippen LogP contribution in [0.15, 0.2) is 29.2 Å². The first-order chi connectivity index (χ1) is 10.2. The van der Waals surface area contributed by atoms with Crippen molar-refractivity contribution in [1.82, 2.24) is 5.32 Å². The number of amides is 1. The summed E-state index contributed by atoms with van der Waals surface area (Å²) in [6.07, 6.45) is 1.31. The van der Waals surface area contributed by atoms with E-state index in [9.17, 15) is 9.59 Å². The van der Waals surface area contributed by atoms with Gasteiger partial charge in [-0.15, -0.1) is 11.8 Å². The summed E-state index contributed by atoms with van der Waals surface area (Å²) in [4.78, 5) is 23.9. The normalized spacial score (nSPS) is 16.1. The molecular weight excluding hydrogens is 298 g/mol. The van der Waals surface area contributed by atoms with Gasteiger partial charge in [-0.05, 0) is 36.0 Å². The first kappa shape index (κ1) is 16.9. The van der Waals surface area contributed by atoms with Crippen LogP contribution in [0.5, 0.6) is 0 Å². The van der Waals surface area contributed by atoms with Crippen molar-refractivity contribution in [3.8, 4) is 0 Å². The summed E-state index contributed by atoms with van der Waals surface area (Å²) in [5.74, 6) is -0.611. The minimum Gasteiger partial charge on any atom is -0.481 e. The highest BCUT2D eigenvalue weighted by atomic mass is 32.2. The molecule has 0 unspecified atom stereocenters. The SMILES string of the molecule is CC(C)(C)c1ccc(SCC(=O)NCC2(C(=O)O)CC2)cc1. The molecule has 1 amide bonds. The molecule has 4 nitrogen and oxygen atoms in total. The Bertz CT molecular complexity index is 556. The smallest absolute Gasteiger partial charge is 0.311 e. The summed E-state index contributed by atoms with van der Waals surface area (Å²) < 4.78 is 0. The van der Waals surface area contributed by atoms with E-state index >= 15 is 0 Å². The molecule has 0 bridgehead atoms. The van der Waals surface area contributed by atoms with Gasteiger partial charge >= 0.3 is 5.97 Å². The average molecular weight is 321 g/mol. The second-order valence-corrected chi connectivity index (χ2v) is 7.97. The van der Waals surface area contributed by atoms with E-state index in [1.165, 1.54) is 17.3 Å². The van der Waals surface area contributed by atoms with Crippen molar-refractivity contribution >= 4 is 23.6 Å². The predicted octanol–water partition coefficient (Wildman–Crippen LogP) is 3.06. The minimum absolute atomic E-state index is 0.113. The van der Waals surface area contributed by atoms with Crippen LogP contribution in [0.2, 0.25) is 0 Å². The van der Waals surface area contributed by atoms with Crippen LogP contribution in [0.4, 0.5) is 0 Å². The van der Waals surface area contributed by atoms with Crippen molar-refractivity contribution < 1.29 is 14.7 Å². The lowest BCUT2D eigenvalue weighted by molar-refractivity contribution is -0.143. The molecule has 1 aliphatic carbocycles. The Labute approximate surface area is 135 Å². The molecule has 0 aliphatic heterocycles. The molecule has 0 aromatic heterocycles. The number of rotatable bonds is 6. The van der Waals surface area contributed by atoms with Crippen LogP contribution >= 0.6 is 11.8 Å². The molecule has 0 saturated heterocycles. The molecule has 0 radical (unpaired) electrons. The third-order valence-corrected chi connectivity index (χ3v) is 5.03. The van der Waals surface area contributed by atoms with E-state index < -0.39 is 11.4 Å². The van der Waals surface area contributed by atoms with Crippen LogP contribution in [0.1, 0.15) is 39.2 Å². The number of carbonyl (C=O) groups excluding carboxylic acids is 1. The highest BCUT2D eigenvalue weighted by Gasteiger charge is 2.50. The van der Waals surface area contributed by atoms with Crippen molar-refractivity contribution in [3.63, 3.8) is 0 Å². The van der Waals surface area contributed by atoms with Crippen molar-refractivity contribution in [2.75, 3.05) is 12.3 Å². The summed E-state index contributed by atoms with van der Waals surface area (Å²) in [6, 6.07) is 8.23. The number of carboxylic acid groups (broad SMARTS) is 1. The second kappa shape index (κ2) is 6.32. The molecule has 1 aromatic carbocycles. The van der Waals surface area contributed by atoms with Gasteiger partial charge in [-0.1, -0.05) is 32.9 Å². The molecule has 1 fully saturated rings. The third-order valence-electron chi connectivity index (χ3n) is 4.02. The van der Waals surface area contributed by atoms with Crippen molar-refractivity contribution in [3.05, 3.63) is 29.8 Å². The first-order valence-electron chi connectivity index (χ1n) is 7.46. The zero-order chi connectivity index (χ0) is 16.4. The lowest BCUT2D eigenvalue weighted by Crippen LogP contribution is -2.35. The maximum atomic E-state index is 11.8. The maximum Gasteiger partial charge on any atom is 0.311 e. The van der Waals surface area contributed by atoms with Gasteiger partial charge in [0, 0.05) is 11.4 Å². The van der Waals surface area contributed by atoms with Crippen LogP contribution in [-0.4, -0.2) is 29.3 Å². The fourth-order valence-corrected chi connectivity index (χ4v) is 2.86. The van der Waals surface area contributed by atoms with Crippen LogP contribution < -0.4 is 5.32 Å². The molecule has 120 valence electrons. The number of hydrogen-bond donors (Lipinski definition) is 2. The Morgan fingerprint density at radius 1 is 1.23 bits per heavy atom. The van der Waals surface area contributed by atoms with E-state index in [-0.39, 0.29) is 17.9 Å². The van der Waals surface area contributed by atoms with Crippen LogP contribution in [0, 0.1) is 5.41 Å². The molecule has 2 N–H and O–H groups in total. The quantitative estimate of drug-likeness (QED) is 0.790. The van der Waals surface area contributed by atoms with Gasteiger partial charge in [0.1, 0.15) is 0 Å². The number of thioether (sulfide) groups is 1. The predicted molar refractivity (Wildman–Crippen MR) is 88.2 cm³/mol. The van der Waals surface area contributed by atoms with E-state index in [2.05, 4.69) is 38.2 Å². The van der Waals surface area contributed by atoms with Crippen LogP contribution in [-0.2, 0) is 15.0 Å². The molecule has 0 heterocycles. The lowest BCUT2D eigenvalue weighted by atomic mass is 9.87. The lowest BCUT2D eigenvalue weighted by Gasteiger charge is -2.19. The van der Waals surface area contributed by atoms with Gasteiger partial charge < -0.3 is 10.4 Å². The van der Waals surface area contributed by atoms with Gasteiger partial charge in [0.25, 0.3) is 0 Å². The third kappa shape index (κ3) is 4.26. The molecule has 22 heavy (non-hydrogen) atoms. The van der Waals surface area contributed by atoms with Gasteiger partial charge in [-0.2, -0.15) is 0 Å². The number of nitrogens with one attached hydrogen (secondary N) is 1. The standard InChI is InChI=1S/C17H23NO3S/c1-16(2,3)12-4-6-13(7-5-12)22-10-14(19)18-11-17(8-9-17)15(20)21/h4-7H,8-11H2,1-3H3,(H,18,19)(H,20,21). The van der Waals surface area contributed by atoms with Crippen LogP contribution in [0.3, 0.4) is 0 Å². The zero-order valence-electron chi connectivity index (χ0n) is 13.3. The Morgan fingerprint density at radius 3 is 2.27 bits per heavy atom. The van der Waals surface area contributed by atoms with Crippen molar-refractivity contribution in [1.29, 1.82) is 0 Å². The van der Waals surface area contributed by atoms with E-state index in [1.807, 2.05) is 12.1 Å². The highest BCUT2D eigenvalue weighted by Crippen LogP contribution is 2.45.